The van der Waals surface area contributed by atoms with Crippen molar-refractivity contribution < 1.29 is 29.1 Å². The fourth-order valence-electron chi connectivity index (χ4n) is 4.27. The monoisotopic (exact) mass is 538 g/mol. The summed E-state index contributed by atoms with van der Waals surface area (Å²) < 4.78 is 5.47. The normalized spacial score (nSPS) is 16.1. The number of carbonyl (C=O) groups excluding carboxylic acids is 2. The molecule has 3 rings (SSSR count). The molecular weight excluding hydrogens is 500 g/mol. The van der Waals surface area contributed by atoms with Crippen molar-refractivity contribution in [3.8, 4) is 5.75 Å². The minimum Gasteiger partial charge on any atom is -0.495 e. The highest BCUT2D eigenvalue weighted by molar-refractivity contribution is 6.01. The first kappa shape index (κ1) is 29.5. The van der Waals surface area contributed by atoms with Crippen LogP contribution < -0.4 is 26.2 Å². The van der Waals surface area contributed by atoms with Gasteiger partial charge in [0.25, 0.3) is 0 Å². The van der Waals surface area contributed by atoms with Crippen molar-refractivity contribution in [1.29, 1.82) is 0 Å². The van der Waals surface area contributed by atoms with E-state index in [0.717, 1.165) is 16.8 Å². The molecule has 5 N–H and O–H groups in total. The molecule has 3 unspecified atom stereocenters. The third-order valence-electron chi connectivity index (χ3n) is 6.39. The Kier molecular flexibility index (Phi) is 10.3. The number of benzene rings is 2. The SMILES string of the molecule is COc1cc(CC(=O)NC(CC(C)C)C2=CC(CC(C)C(=O)O)ON2)ccc1NC(=O)Nc1ccccc1C. The molecule has 39 heavy (non-hydrogen) atoms. The highest BCUT2D eigenvalue weighted by atomic mass is 16.7. The minimum atomic E-state index is -0.879. The highest BCUT2D eigenvalue weighted by Gasteiger charge is 2.27. The number of carboxylic acids is 1. The zero-order valence-electron chi connectivity index (χ0n) is 23.0. The summed E-state index contributed by atoms with van der Waals surface area (Å²) in [6, 6.07) is 12.0. The standard InChI is InChI=1S/C29H38N4O6/c1-17(2)12-24(25-16-21(39-33-25)13-19(4)28(35)36)30-27(34)15-20-10-11-23(26(14-20)38-5)32-29(37)31-22-9-7-6-8-18(22)3/h6-11,14,16-17,19,21,24,33H,12-13,15H2,1-5H3,(H,30,34)(H,35,36)(H2,31,32,37). The smallest absolute Gasteiger partial charge is 0.323 e. The molecule has 0 fully saturated rings. The van der Waals surface area contributed by atoms with Crippen LogP contribution in [-0.2, 0) is 20.8 Å². The first-order valence-corrected chi connectivity index (χ1v) is 13.0. The van der Waals surface area contributed by atoms with E-state index in [-0.39, 0.29) is 24.5 Å². The van der Waals surface area contributed by atoms with E-state index < -0.39 is 17.9 Å². The molecule has 3 atom stereocenters. The summed E-state index contributed by atoms with van der Waals surface area (Å²) in [4.78, 5) is 42.3. The molecule has 2 aromatic rings. The van der Waals surface area contributed by atoms with Gasteiger partial charge in [0.1, 0.15) is 11.9 Å². The van der Waals surface area contributed by atoms with Crippen LogP contribution in [0.4, 0.5) is 16.2 Å². The molecule has 0 radical (unpaired) electrons. The van der Waals surface area contributed by atoms with Crippen LogP contribution >= 0.6 is 0 Å². The third-order valence-corrected chi connectivity index (χ3v) is 6.39. The van der Waals surface area contributed by atoms with E-state index >= 15 is 0 Å². The first-order valence-electron chi connectivity index (χ1n) is 13.0. The van der Waals surface area contributed by atoms with Gasteiger partial charge in [-0.1, -0.05) is 45.0 Å². The van der Waals surface area contributed by atoms with Crippen molar-refractivity contribution in [1.82, 2.24) is 10.8 Å². The van der Waals surface area contributed by atoms with Crippen LogP contribution in [0.25, 0.3) is 0 Å². The Balaban J connectivity index is 1.63. The van der Waals surface area contributed by atoms with E-state index in [1.54, 1.807) is 25.1 Å². The van der Waals surface area contributed by atoms with Gasteiger partial charge in [0, 0.05) is 5.69 Å². The van der Waals surface area contributed by atoms with E-state index in [9.17, 15) is 19.5 Å². The van der Waals surface area contributed by atoms with E-state index in [4.69, 9.17) is 9.57 Å². The predicted octanol–water partition coefficient (Wildman–Crippen LogP) is 4.62. The van der Waals surface area contributed by atoms with Crippen LogP contribution in [0.2, 0.25) is 0 Å². The van der Waals surface area contributed by atoms with E-state index in [0.29, 0.717) is 35.9 Å². The fourth-order valence-corrected chi connectivity index (χ4v) is 4.27. The second-order valence-electron chi connectivity index (χ2n) is 10.2. The molecule has 1 aliphatic heterocycles. The number of nitrogens with one attached hydrogen (secondary N) is 4. The number of aryl methyl sites for hydroxylation is 1. The number of urea groups is 1. The average Bonchev–Trinajstić information content (AvgIpc) is 3.34. The molecular formula is C29H38N4O6. The highest BCUT2D eigenvalue weighted by Crippen LogP contribution is 2.27. The quantitative estimate of drug-likeness (QED) is 0.266. The van der Waals surface area contributed by atoms with E-state index in [1.165, 1.54) is 7.11 Å². The molecule has 0 aromatic heterocycles. The Hall–Kier alpha value is -4.05. The van der Waals surface area contributed by atoms with Crippen molar-refractivity contribution in [3.63, 3.8) is 0 Å². The molecule has 0 saturated heterocycles. The molecule has 0 bridgehead atoms. The molecule has 210 valence electrons. The van der Waals surface area contributed by atoms with Gasteiger partial charge in [-0.15, -0.1) is 0 Å². The van der Waals surface area contributed by atoms with Crippen LogP contribution in [0.1, 0.15) is 44.7 Å². The Morgan fingerprint density at radius 2 is 1.79 bits per heavy atom. The Labute approximate surface area is 229 Å². The number of ether oxygens (including phenoxy) is 1. The Bertz CT molecular complexity index is 1210. The maximum absolute atomic E-state index is 13.0. The fraction of sp³-hybridized carbons (Fsp3) is 0.414. The molecule has 10 heteroatoms. The zero-order valence-corrected chi connectivity index (χ0v) is 23.0. The Morgan fingerprint density at radius 3 is 2.46 bits per heavy atom. The molecule has 0 spiro atoms. The van der Waals surface area contributed by atoms with Gasteiger partial charge in [-0.3, -0.25) is 19.9 Å². The first-order chi connectivity index (χ1) is 18.5. The number of amides is 3. The van der Waals surface area contributed by atoms with Gasteiger partial charge in [-0.2, -0.15) is 0 Å². The lowest BCUT2D eigenvalue weighted by Gasteiger charge is -2.22. The van der Waals surface area contributed by atoms with Gasteiger partial charge >= 0.3 is 12.0 Å². The van der Waals surface area contributed by atoms with E-state index in [2.05, 4.69) is 35.3 Å². The molecule has 10 nitrogen and oxygen atoms in total. The molecule has 1 aliphatic rings. The van der Waals surface area contributed by atoms with Gasteiger partial charge in [-0.05, 0) is 61.1 Å². The summed E-state index contributed by atoms with van der Waals surface area (Å²) in [7, 11) is 1.50. The predicted molar refractivity (Wildman–Crippen MR) is 149 cm³/mol. The van der Waals surface area contributed by atoms with Crippen molar-refractivity contribution in [2.45, 2.75) is 59.1 Å². The molecule has 3 amide bonds. The van der Waals surface area contributed by atoms with Gasteiger partial charge < -0.3 is 25.8 Å². The van der Waals surface area contributed by atoms with Crippen molar-refractivity contribution in [2.75, 3.05) is 17.7 Å². The largest absolute Gasteiger partial charge is 0.495 e. The van der Waals surface area contributed by atoms with E-state index in [1.807, 2.05) is 37.3 Å². The number of anilines is 2. The second kappa shape index (κ2) is 13.7. The number of carboxylic acid groups (broad SMARTS) is 1. The van der Waals surface area contributed by atoms with Crippen LogP contribution in [0, 0.1) is 18.8 Å². The molecule has 1 heterocycles. The average molecular weight is 539 g/mol. The summed E-state index contributed by atoms with van der Waals surface area (Å²) >= 11 is 0. The lowest BCUT2D eigenvalue weighted by molar-refractivity contribution is -0.142. The topological polar surface area (TPSA) is 138 Å². The number of methoxy groups -OCH3 is 1. The van der Waals surface area contributed by atoms with Gasteiger partial charge in [-0.25, -0.2) is 4.79 Å². The summed E-state index contributed by atoms with van der Waals surface area (Å²) in [5.41, 5.74) is 6.44. The third kappa shape index (κ3) is 8.75. The van der Waals surface area contributed by atoms with Crippen molar-refractivity contribution in [2.24, 2.45) is 11.8 Å². The van der Waals surface area contributed by atoms with Crippen LogP contribution in [-0.4, -0.2) is 42.3 Å². The lowest BCUT2D eigenvalue weighted by atomic mass is 9.98. The number of hydrogen-bond acceptors (Lipinski definition) is 6. The number of aliphatic carboxylic acids is 1. The maximum Gasteiger partial charge on any atom is 0.323 e. The zero-order chi connectivity index (χ0) is 28.5. The molecule has 2 aromatic carbocycles. The van der Waals surface area contributed by atoms with Crippen molar-refractivity contribution >= 4 is 29.3 Å². The number of rotatable bonds is 12. The van der Waals surface area contributed by atoms with Gasteiger partial charge in [0.2, 0.25) is 5.91 Å². The van der Waals surface area contributed by atoms with Crippen LogP contribution in [0.5, 0.6) is 5.75 Å². The number of para-hydroxylation sites is 1. The van der Waals surface area contributed by atoms with Gasteiger partial charge in [0.05, 0.1) is 36.9 Å². The number of carbonyl (C=O) groups is 3. The van der Waals surface area contributed by atoms with Crippen LogP contribution in [0.3, 0.4) is 0 Å². The number of hydrogen-bond donors (Lipinski definition) is 5. The minimum absolute atomic E-state index is 0.105. The Morgan fingerprint density at radius 1 is 1.08 bits per heavy atom. The van der Waals surface area contributed by atoms with Gasteiger partial charge in [0.15, 0.2) is 0 Å². The lowest BCUT2D eigenvalue weighted by Crippen LogP contribution is -2.40. The van der Waals surface area contributed by atoms with Crippen LogP contribution in [0.15, 0.2) is 54.2 Å². The molecule has 0 saturated carbocycles. The summed E-state index contributed by atoms with van der Waals surface area (Å²) in [5, 5.41) is 17.9. The maximum atomic E-state index is 13.0. The summed E-state index contributed by atoms with van der Waals surface area (Å²) in [6.07, 6.45) is 2.58. The summed E-state index contributed by atoms with van der Waals surface area (Å²) in [6.45, 7) is 7.67. The van der Waals surface area contributed by atoms with Crippen molar-refractivity contribution in [3.05, 3.63) is 65.4 Å². The molecule has 0 aliphatic carbocycles. The number of hydroxylamine groups is 1. The summed E-state index contributed by atoms with van der Waals surface area (Å²) in [5.74, 6) is -0.887. The second-order valence-corrected chi connectivity index (χ2v) is 10.2.